The lowest BCUT2D eigenvalue weighted by Crippen LogP contribution is -2.13. The summed E-state index contributed by atoms with van der Waals surface area (Å²) >= 11 is 4.79. The van der Waals surface area contributed by atoms with Crippen molar-refractivity contribution in [2.45, 2.75) is 0 Å². The summed E-state index contributed by atoms with van der Waals surface area (Å²) in [5, 5.41) is 14.9. The van der Waals surface area contributed by atoms with Gasteiger partial charge < -0.3 is 11.1 Å². The number of hydrogen-bond acceptors (Lipinski definition) is 5. The molecule has 0 saturated heterocycles. The standard InChI is InChI=1S/C19H13BrN4OS/c20-14-7-5-12(6-8-14)17-11-26-19(24-17)13(9-21)10-23-16-4-2-1-3-15(16)18(22)25/h1-8,10-11,23H,(H2,22,25)/b13-10+. The smallest absolute Gasteiger partial charge is 0.250 e. The third-order valence-electron chi connectivity index (χ3n) is 3.56. The number of nitrogens with zero attached hydrogens (tertiary/aromatic N) is 2. The molecule has 2 aromatic carbocycles. The number of aromatic nitrogens is 1. The van der Waals surface area contributed by atoms with Gasteiger partial charge in [0.15, 0.2) is 0 Å². The quantitative estimate of drug-likeness (QED) is 0.583. The van der Waals surface area contributed by atoms with Crippen LogP contribution in [0.4, 0.5) is 5.69 Å². The van der Waals surface area contributed by atoms with Crippen LogP contribution in [0.25, 0.3) is 16.8 Å². The summed E-state index contributed by atoms with van der Waals surface area (Å²) in [6, 6.07) is 16.8. The first-order valence-electron chi connectivity index (χ1n) is 7.56. The van der Waals surface area contributed by atoms with Crippen LogP contribution in [0, 0.1) is 11.3 Å². The molecule has 3 N–H and O–H groups in total. The van der Waals surface area contributed by atoms with Crippen molar-refractivity contribution in [3.8, 4) is 17.3 Å². The molecule has 1 heterocycles. The van der Waals surface area contributed by atoms with Gasteiger partial charge in [0, 0.05) is 21.6 Å². The zero-order chi connectivity index (χ0) is 18.5. The van der Waals surface area contributed by atoms with Crippen molar-refractivity contribution in [1.82, 2.24) is 4.98 Å². The maximum absolute atomic E-state index is 11.5. The largest absolute Gasteiger partial charge is 0.366 e. The van der Waals surface area contributed by atoms with Gasteiger partial charge in [-0.25, -0.2) is 4.98 Å². The zero-order valence-corrected chi connectivity index (χ0v) is 15.8. The van der Waals surface area contributed by atoms with Gasteiger partial charge in [0.25, 0.3) is 5.91 Å². The van der Waals surface area contributed by atoms with Gasteiger partial charge in [-0.15, -0.1) is 11.3 Å². The molecule has 0 spiro atoms. The number of carbonyl (C=O) groups is 1. The van der Waals surface area contributed by atoms with Crippen LogP contribution in [0.5, 0.6) is 0 Å². The maximum Gasteiger partial charge on any atom is 0.250 e. The summed E-state index contributed by atoms with van der Waals surface area (Å²) in [6.07, 6.45) is 1.53. The van der Waals surface area contributed by atoms with E-state index in [9.17, 15) is 10.1 Å². The normalized spacial score (nSPS) is 11.0. The Balaban J connectivity index is 1.86. The number of allylic oxidation sites excluding steroid dienone is 1. The van der Waals surface area contributed by atoms with Crippen molar-refractivity contribution in [2.24, 2.45) is 5.73 Å². The zero-order valence-electron chi connectivity index (χ0n) is 13.4. The van der Waals surface area contributed by atoms with E-state index in [-0.39, 0.29) is 0 Å². The van der Waals surface area contributed by atoms with E-state index >= 15 is 0 Å². The number of carbonyl (C=O) groups excluding carboxylic acids is 1. The fourth-order valence-electron chi connectivity index (χ4n) is 2.27. The first kappa shape index (κ1) is 17.9. The number of nitrogens with one attached hydrogen (secondary N) is 1. The Kier molecular flexibility index (Phi) is 5.46. The first-order valence-corrected chi connectivity index (χ1v) is 9.23. The molecule has 7 heteroatoms. The maximum atomic E-state index is 11.5. The van der Waals surface area contributed by atoms with Crippen molar-refractivity contribution in [3.63, 3.8) is 0 Å². The Morgan fingerprint density at radius 3 is 2.65 bits per heavy atom. The van der Waals surface area contributed by atoms with E-state index in [1.54, 1.807) is 24.3 Å². The molecule has 0 bridgehead atoms. The van der Waals surface area contributed by atoms with Crippen molar-refractivity contribution >= 4 is 44.4 Å². The highest BCUT2D eigenvalue weighted by molar-refractivity contribution is 9.10. The highest BCUT2D eigenvalue weighted by Gasteiger charge is 2.10. The number of thiazole rings is 1. The molecule has 0 saturated carbocycles. The van der Waals surface area contributed by atoms with E-state index in [1.165, 1.54) is 17.5 Å². The van der Waals surface area contributed by atoms with Crippen LogP contribution in [-0.2, 0) is 0 Å². The molecule has 1 amide bonds. The van der Waals surface area contributed by atoms with Crippen LogP contribution in [0.3, 0.4) is 0 Å². The van der Waals surface area contributed by atoms with Gasteiger partial charge in [-0.3, -0.25) is 4.79 Å². The second-order valence-corrected chi connectivity index (χ2v) is 7.04. The number of nitriles is 1. The summed E-state index contributed by atoms with van der Waals surface area (Å²) < 4.78 is 0.992. The van der Waals surface area contributed by atoms with Crippen molar-refractivity contribution in [2.75, 3.05) is 5.32 Å². The number of rotatable bonds is 5. The van der Waals surface area contributed by atoms with E-state index in [2.05, 4.69) is 32.3 Å². The first-order chi connectivity index (χ1) is 12.6. The average Bonchev–Trinajstić information content (AvgIpc) is 3.13. The molecule has 0 atom stereocenters. The van der Waals surface area contributed by atoms with Gasteiger partial charge >= 0.3 is 0 Å². The Labute approximate surface area is 162 Å². The Hall–Kier alpha value is -2.95. The molecule has 1 aromatic heterocycles. The van der Waals surface area contributed by atoms with E-state index in [0.717, 1.165) is 15.7 Å². The molecule has 0 aliphatic rings. The third-order valence-corrected chi connectivity index (χ3v) is 4.96. The number of primary amides is 1. The highest BCUT2D eigenvalue weighted by Crippen LogP contribution is 2.27. The van der Waals surface area contributed by atoms with Gasteiger partial charge in [0.2, 0.25) is 0 Å². The van der Waals surface area contributed by atoms with Crippen molar-refractivity contribution < 1.29 is 4.79 Å². The van der Waals surface area contributed by atoms with Gasteiger partial charge in [-0.2, -0.15) is 5.26 Å². The summed E-state index contributed by atoms with van der Waals surface area (Å²) in [4.78, 5) is 16.0. The Bertz CT molecular complexity index is 1020. The van der Waals surface area contributed by atoms with Crippen LogP contribution in [0.2, 0.25) is 0 Å². The lowest BCUT2D eigenvalue weighted by atomic mass is 10.1. The molecular formula is C19H13BrN4OS. The second-order valence-electron chi connectivity index (χ2n) is 5.27. The molecular weight excluding hydrogens is 412 g/mol. The molecule has 0 radical (unpaired) electrons. The van der Waals surface area contributed by atoms with E-state index < -0.39 is 5.91 Å². The van der Waals surface area contributed by atoms with E-state index in [1.807, 2.05) is 29.6 Å². The van der Waals surface area contributed by atoms with E-state index in [0.29, 0.717) is 21.8 Å². The van der Waals surface area contributed by atoms with Gasteiger partial charge in [-0.05, 0) is 24.3 Å². The minimum absolute atomic E-state index is 0.357. The molecule has 0 aliphatic heterocycles. The second kappa shape index (κ2) is 7.95. The SMILES string of the molecule is N#C/C(=C\Nc1ccccc1C(N)=O)c1nc(-c2ccc(Br)cc2)cs1. The van der Waals surface area contributed by atoms with Gasteiger partial charge in [-0.1, -0.05) is 40.2 Å². The van der Waals surface area contributed by atoms with Crippen molar-refractivity contribution in [3.05, 3.63) is 75.2 Å². The highest BCUT2D eigenvalue weighted by atomic mass is 79.9. The molecule has 0 fully saturated rings. The fourth-order valence-corrected chi connectivity index (χ4v) is 3.33. The summed E-state index contributed by atoms with van der Waals surface area (Å²) in [5.74, 6) is -0.535. The molecule has 0 aliphatic carbocycles. The number of anilines is 1. The third kappa shape index (κ3) is 3.99. The van der Waals surface area contributed by atoms with Crippen LogP contribution in [0.15, 0.2) is 64.6 Å². The number of nitrogens with two attached hydrogens (primary N) is 1. The monoisotopic (exact) mass is 424 g/mol. The predicted molar refractivity (Wildman–Crippen MR) is 107 cm³/mol. The van der Waals surface area contributed by atoms with Crippen LogP contribution in [0.1, 0.15) is 15.4 Å². The Morgan fingerprint density at radius 1 is 1.23 bits per heavy atom. The van der Waals surface area contributed by atoms with Crippen LogP contribution >= 0.6 is 27.3 Å². The lowest BCUT2D eigenvalue weighted by molar-refractivity contribution is 0.100. The minimum Gasteiger partial charge on any atom is -0.366 e. The lowest BCUT2D eigenvalue weighted by Gasteiger charge is -2.06. The van der Waals surface area contributed by atoms with Gasteiger partial charge in [0.05, 0.1) is 16.9 Å². The molecule has 5 nitrogen and oxygen atoms in total. The molecule has 26 heavy (non-hydrogen) atoms. The number of halogens is 1. The minimum atomic E-state index is -0.535. The molecule has 0 unspecified atom stereocenters. The van der Waals surface area contributed by atoms with E-state index in [4.69, 9.17) is 5.73 Å². The molecule has 3 rings (SSSR count). The van der Waals surface area contributed by atoms with Crippen molar-refractivity contribution in [1.29, 1.82) is 5.26 Å². The summed E-state index contributed by atoms with van der Waals surface area (Å²) in [5.41, 5.74) is 8.41. The summed E-state index contributed by atoms with van der Waals surface area (Å²) in [7, 11) is 0. The Morgan fingerprint density at radius 2 is 1.96 bits per heavy atom. The number of hydrogen-bond donors (Lipinski definition) is 2. The predicted octanol–water partition coefficient (Wildman–Crippen LogP) is 4.65. The van der Waals surface area contributed by atoms with Gasteiger partial charge in [0.1, 0.15) is 16.6 Å². The number of amides is 1. The number of para-hydroxylation sites is 1. The molecule has 128 valence electrons. The topological polar surface area (TPSA) is 91.8 Å². The van der Waals surface area contributed by atoms with Crippen LogP contribution < -0.4 is 11.1 Å². The fraction of sp³-hybridized carbons (Fsp3) is 0. The number of benzene rings is 2. The average molecular weight is 425 g/mol. The molecule has 3 aromatic rings. The summed E-state index contributed by atoms with van der Waals surface area (Å²) in [6.45, 7) is 0. The van der Waals surface area contributed by atoms with Crippen LogP contribution in [-0.4, -0.2) is 10.9 Å².